The maximum atomic E-state index is 13.2. The van der Waals surface area contributed by atoms with Gasteiger partial charge in [-0.2, -0.15) is 5.10 Å². The van der Waals surface area contributed by atoms with E-state index >= 15 is 0 Å². The van der Waals surface area contributed by atoms with Crippen molar-refractivity contribution in [3.63, 3.8) is 0 Å². The second kappa shape index (κ2) is 11.4. The van der Waals surface area contributed by atoms with Crippen LogP contribution in [0.1, 0.15) is 49.3 Å². The summed E-state index contributed by atoms with van der Waals surface area (Å²) in [5.41, 5.74) is 3.69. The molecule has 1 N–H and O–H groups in total. The molecule has 9 heteroatoms. The van der Waals surface area contributed by atoms with Crippen LogP contribution in [-0.2, 0) is 9.59 Å². The molecule has 1 heterocycles. The van der Waals surface area contributed by atoms with Gasteiger partial charge in [-0.3, -0.25) is 9.59 Å². The number of ether oxygens (including phenoxy) is 4. The Balaban J connectivity index is 1.74. The summed E-state index contributed by atoms with van der Waals surface area (Å²) in [5, 5.41) is 15.4. The molecule has 1 aliphatic heterocycles. The van der Waals surface area contributed by atoms with E-state index in [0.717, 1.165) is 41.7 Å². The maximum absolute atomic E-state index is 13.2. The third kappa shape index (κ3) is 5.40. The van der Waals surface area contributed by atoms with Crippen LogP contribution in [-0.4, -0.2) is 56.1 Å². The van der Waals surface area contributed by atoms with Gasteiger partial charge in [0.2, 0.25) is 5.91 Å². The zero-order valence-electron chi connectivity index (χ0n) is 21.5. The van der Waals surface area contributed by atoms with Crippen molar-refractivity contribution >= 4 is 23.7 Å². The van der Waals surface area contributed by atoms with Crippen LogP contribution in [0.15, 0.2) is 47.1 Å². The van der Waals surface area contributed by atoms with E-state index in [9.17, 15) is 9.59 Å². The van der Waals surface area contributed by atoms with Crippen LogP contribution >= 0.6 is 0 Å². The molecule has 2 aromatic carbocycles. The number of allylic oxidation sites excluding steroid dienone is 1. The third-order valence-corrected chi connectivity index (χ3v) is 6.81. The molecule has 9 nitrogen and oxygen atoms in total. The fraction of sp³-hybridized carbons (Fsp3) is 0.393. The number of fused-ring (bicyclic) bond motifs is 1. The molecule has 1 saturated carbocycles. The number of aliphatic carboxylic acids is 1. The summed E-state index contributed by atoms with van der Waals surface area (Å²) in [6, 6.07) is 10.9. The molecule has 2 aromatic rings. The largest absolute Gasteiger partial charge is 0.493 e. The highest BCUT2D eigenvalue weighted by atomic mass is 16.5. The monoisotopic (exact) mass is 508 g/mol. The van der Waals surface area contributed by atoms with Gasteiger partial charge < -0.3 is 24.1 Å². The van der Waals surface area contributed by atoms with Crippen molar-refractivity contribution in [2.75, 3.05) is 28.4 Å². The van der Waals surface area contributed by atoms with Crippen LogP contribution < -0.4 is 18.9 Å². The van der Waals surface area contributed by atoms with Gasteiger partial charge in [-0.15, -0.1) is 0 Å². The molecule has 4 rings (SSSR count). The van der Waals surface area contributed by atoms with Crippen molar-refractivity contribution in [3.8, 4) is 23.0 Å². The summed E-state index contributed by atoms with van der Waals surface area (Å²) in [5.74, 6) is 1.05. The number of rotatable bonds is 9. The Hall–Kier alpha value is -4.01. The van der Waals surface area contributed by atoms with Gasteiger partial charge in [-0.05, 0) is 66.3 Å². The fourth-order valence-corrected chi connectivity index (χ4v) is 5.05. The molecule has 2 atom stereocenters. The third-order valence-electron chi connectivity index (χ3n) is 6.81. The lowest BCUT2D eigenvalue weighted by Gasteiger charge is -2.30. The minimum atomic E-state index is -1.02. The number of carbonyl (C=O) groups excluding carboxylic acids is 1. The highest BCUT2D eigenvalue weighted by Gasteiger charge is 2.43. The van der Waals surface area contributed by atoms with E-state index < -0.39 is 5.97 Å². The number of nitrogens with zero attached hydrogens (tertiary/aromatic N) is 2. The molecule has 1 fully saturated rings. The molecule has 37 heavy (non-hydrogen) atoms. The number of carboxylic acid groups (broad SMARTS) is 1. The number of hydrogen-bond acceptors (Lipinski definition) is 7. The van der Waals surface area contributed by atoms with Crippen LogP contribution in [0.25, 0.3) is 6.08 Å². The maximum Gasteiger partial charge on any atom is 0.303 e. The Kier molecular flexibility index (Phi) is 8.01. The first-order valence-corrected chi connectivity index (χ1v) is 12.2. The predicted octanol–water partition coefficient (Wildman–Crippen LogP) is 4.71. The van der Waals surface area contributed by atoms with Crippen molar-refractivity contribution in [1.29, 1.82) is 0 Å². The zero-order valence-corrected chi connectivity index (χ0v) is 21.5. The summed E-state index contributed by atoms with van der Waals surface area (Å²) in [6.07, 6.45) is 4.30. The van der Waals surface area contributed by atoms with E-state index in [1.165, 1.54) is 5.01 Å². The van der Waals surface area contributed by atoms with E-state index in [1.807, 2.05) is 36.4 Å². The highest BCUT2D eigenvalue weighted by Crippen LogP contribution is 2.46. The van der Waals surface area contributed by atoms with E-state index in [0.29, 0.717) is 23.0 Å². The Bertz CT molecular complexity index is 1240. The van der Waals surface area contributed by atoms with E-state index in [1.54, 1.807) is 28.4 Å². The lowest BCUT2D eigenvalue weighted by molar-refractivity contribution is -0.141. The minimum Gasteiger partial charge on any atom is -0.493 e. The van der Waals surface area contributed by atoms with Gasteiger partial charge in [0, 0.05) is 12.3 Å². The fourth-order valence-electron chi connectivity index (χ4n) is 5.05. The predicted molar refractivity (Wildman–Crippen MR) is 138 cm³/mol. The number of carbonyl (C=O) groups is 2. The summed E-state index contributed by atoms with van der Waals surface area (Å²) < 4.78 is 21.7. The number of carboxylic acids is 1. The van der Waals surface area contributed by atoms with Crippen LogP contribution in [0.4, 0.5) is 0 Å². The van der Waals surface area contributed by atoms with E-state index in [2.05, 4.69) is 6.08 Å². The number of hydrogen-bond donors (Lipinski definition) is 1. The molecule has 0 bridgehead atoms. The van der Waals surface area contributed by atoms with Gasteiger partial charge in [0.1, 0.15) is 0 Å². The average molecular weight is 509 g/mol. The summed E-state index contributed by atoms with van der Waals surface area (Å²) in [4.78, 5) is 24.4. The van der Waals surface area contributed by atoms with Gasteiger partial charge in [0.25, 0.3) is 0 Å². The Labute approximate surface area is 216 Å². The molecule has 0 radical (unpaired) electrons. The van der Waals surface area contributed by atoms with Gasteiger partial charge in [-0.25, -0.2) is 5.01 Å². The highest BCUT2D eigenvalue weighted by molar-refractivity contribution is 6.08. The summed E-state index contributed by atoms with van der Waals surface area (Å²) in [7, 11) is 6.33. The number of benzene rings is 2. The first-order chi connectivity index (χ1) is 17.9. The Morgan fingerprint density at radius 1 is 0.946 bits per heavy atom. The van der Waals surface area contributed by atoms with Crippen molar-refractivity contribution in [1.82, 2.24) is 5.01 Å². The lowest BCUT2D eigenvalue weighted by Crippen LogP contribution is -2.32. The molecule has 196 valence electrons. The van der Waals surface area contributed by atoms with Gasteiger partial charge >= 0.3 is 5.97 Å². The molecular weight excluding hydrogens is 476 g/mol. The molecule has 0 saturated heterocycles. The number of hydrazone groups is 1. The standard InChI is InChI=1S/C28H32N2O7/c1-34-21-10-8-17(15-23(21)36-3)14-18-6-5-7-20-27(18)29-30(25(31)12-13-26(32)33)28(20)19-9-11-22(35-2)24(16-19)37-4/h8-11,14-16,20,28H,5-7,12-13H2,1-4H3,(H,32,33)/b18-14-. The molecule has 0 aromatic heterocycles. The van der Waals surface area contributed by atoms with Crippen molar-refractivity contribution in [2.24, 2.45) is 11.0 Å². The van der Waals surface area contributed by atoms with Crippen LogP contribution in [0.2, 0.25) is 0 Å². The molecule has 1 amide bonds. The van der Waals surface area contributed by atoms with Gasteiger partial charge in [-0.1, -0.05) is 12.1 Å². The molecular formula is C28H32N2O7. The normalized spacial score (nSPS) is 19.7. The van der Waals surface area contributed by atoms with Crippen LogP contribution in [0.5, 0.6) is 23.0 Å². The molecule has 2 aliphatic rings. The molecule has 0 spiro atoms. The first-order valence-electron chi connectivity index (χ1n) is 12.2. The smallest absolute Gasteiger partial charge is 0.303 e. The topological polar surface area (TPSA) is 107 Å². The quantitative estimate of drug-likeness (QED) is 0.523. The first kappa shape index (κ1) is 26.1. The zero-order chi connectivity index (χ0) is 26.5. The van der Waals surface area contributed by atoms with Crippen molar-refractivity contribution in [3.05, 3.63) is 53.1 Å². The second-order valence-corrected chi connectivity index (χ2v) is 8.96. The molecule has 1 aliphatic carbocycles. The summed E-state index contributed by atoms with van der Waals surface area (Å²) >= 11 is 0. The van der Waals surface area contributed by atoms with Crippen LogP contribution in [0, 0.1) is 5.92 Å². The SMILES string of the molecule is COc1ccc(/C=C2/CCCC3C2=NN(C(=O)CCC(=O)O)C3c2ccc(OC)c(OC)c2)cc1OC. The van der Waals surface area contributed by atoms with E-state index in [-0.39, 0.29) is 30.7 Å². The second-order valence-electron chi connectivity index (χ2n) is 8.96. The average Bonchev–Trinajstić information content (AvgIpc) is 3.32. The van der Waals surface area contributed by atoms with E-state index in [4.69, 9.17) is 29.2 Å². The van der Waals surface area contributed by atoms with Crippen LogP contribution in [0.3, 0.4) is 0 Å². The Morgan fingerprint density at radius 2 is 1.59 bits per heavy atom. The van der Waals surface area contributed by atoms with Crippen molar-refractivity contribution in [2.45, 2.75) is 38.1 Å². The lowest BCUT2D eigenvalue weighted by atomic mass is 9.77. The number of amides is 1. The summed E-state index contributed by atoms with van der Waals surface area (Å²) in [6.45, 7) is 0. The Morgan fingerprint density at radius 3 is 2.24 bits per heavy atom. The molecule has 2 unspecified atom stereocenters. The minimum absolute atomic E-state index is 0.0352. The van der Waals surface area contributed by atoms with Crippen molar-refractivity contribution < 1.29 is 33.6 Å². The van der Waals surface area contributed by atoms with Gasteiger partial charge in [0.05, 0.1) is 46.6 Å². The van der Waals surface area contributed by atoms with Gasteiger partial charge in [0.15, 0.2) is 23.0 Å². The number of methoxy groups -OCH3 is 4.